The highest BCUT2D eigenvalue weighted by atomic mass is 32.1. The Labute approximate surface area is 183 Å². The Morgan fingerprint density at radius 1 is 1.30 bits per heavy atom. The van der Waals surface area contributed by atoms with E-state index >= 15 is 4.39 Å². The molecule has 9 atom stereocenters. The first-order valence-electron chi connectivity index (χ1n) is 10.7. The fourth-order valence-electron chi connectivity index (χ4n) is 6.90. The zero-order valence-corrected chi connectivity index (χ0v) is 18.9. The first-order valence-corrected chi connectivity index (χ1v) is 11.3. The van der Waals surface area contributed by atoms with E-state index in [-0.39, 0.29) is 49.4 Å². The third-order valence-electron chi connectivity index (χ3n) is 8.62. The molecule has 0 heterocycles. The zero-order valence-electron chi connectivity index (χ0n) is 18.0. The van der Waals surface area contributed by atoms with Crippen molar-refractivity contribution in [2.24, 2.45) is 28.6 Å². The molecule has 0 aliphatic heterocycles. The van der Waals surface area contributed by atoms with Crippen molar-refractivity contribution in [1.82, 2.24) is 0 Å². The summed E-state index contributed by atoms with van der Waals surface area (Å²) in [6.07, 6.45) is 1.52. The van der Waals surface area contributed by atoms with Crippen LogP contribution in [-0.4, -0.2) is 52.1 Å². The molecule has 3 saturated carbocycles. The van der Waals surface area contributed by atoms with Crippen molar-refractivity contribution < 1.29 is 28.5 Å². The van der Waals surface area contributed by atoms with Gasteiger partial charge in [0.1, 0.15) is 11.8 Å². The summed E-state index contributed by atoms with van der Waals surface area (Å²) in [5, 5.41) is 22.7. The number of carbonyl (C=O) groups is 1. The van der Waals surface area contributed by atoms with Crippen LogP contribution in [0.25, 0.3) is 0 Å². The van der Waals surface area contributed by atoms with Crippen molar-refractivity contribution >= 4 is 18.4 Å². The Morgan fingerprint density at radius 2 is 1.97 bits per heavy atom. The van der Waals surface area contributed by atoms with Crippen LogP contribution in [0.2, 0.25) is 0 Å². The van der Waals surface area contributed by atoms with Gasteiger partial charge in [-0.2, -0.15) is 12.6 Å². The average molecular weight is 445 g/mol. The third kappa shape index (κ3) is 3.23. The second kappa shape index (κ2) is 7.98. The lowest BCUT2D eigenvalue weighted by atomic mass is 9.46. The van der Waals surface area contributed by atoms with Gasteiger partial charge >= 0.3 is 0 Å². The van der Waals surface area contributed by atoms with Gasteiger partial charge in [-0.05, 0) is 49.7 Å². The van der Waals surface area contributed by atoms with Crippen molar-refractivity contribution in [2.75, 3.05) is 12.5 Å². The molecule has 0 amide bonds. The maximum absolute atomic E-state index is 16.9. The minimum Gasteiger partial charge on any atom is -0.390 e. The SMILES string of the molecule is C=CC(=O)/C=C\[C@@]1(C)C[C@@H](F)CC2C3C[C@@H](C)[C@](O)(COCS)[C@@]3(C)C[C@H](O)[C@@]21F. The molecule has 0 aromatic carbocycles. The highest BCUT2D eigenvalue weighted by Gasteiger charge is 2.74. The standard InChI is InChI=1S/C23H34F2O4S/c1-5-16(26)6-7-20(3)10-15(24)9-18-17-8-14(2)22(28,12-29-13-30)21(17,4)11-19(27)23(18,20)25/h5-7,14-15,17-19,27-28,30H,1,8-13H2,2-4H3/b7-6-/t14-,15+,17?,18?,19+,20+,21+,22-,23+/m1/s1. The molecule has 0 saturated heterocycles. The second-order valence-corrected chi connectivity index (χ2v) is 10.3. The average Bonchev–Trinajstić information content (AvgIpc) is 2.88. The molecule has 4 nitrogen and oxygen atoms in total. The van der Waals surface area contributed by atoms with Crippen LogP contribution in [0, 0.1) is 28.6 Å². The number of hydrogen-bond acceptors (Lipinski definition) is 5. The van der Waals surface area contributed by atoms with Gasteiger partial charge in [-0.1, -0.05) is 33.4 Å². The summed E-state index contributed by atoms with van der Waals surface area (Å²) in [6.45, 7) is 8.79. The number of aliphatic hydroxyl groups is 2. The van der Waals surface area contributed by atoms with Gasteiger partial charge in [-0.15, -0.1) is 0 Å². The van der Waals surface area contributed by atoms with E-state index in [0.717, 1.165) is 6.08 Å². The number of ether oxygens (including phenoxy) is 1. The third-order valence-corrected chi connectivity index (χ3v) is 8.80. The summed E-state index contributed by atoms with van der Waals surface area (Å²) < 4.78 is 37.3. The predicted molar refractivity (Wildman–Crippen MR) is 115 cm³/mol. The summed E-state index contributed by atoms with van der Waals surface area (Å²) in [5.74, 6) is -1.56. The first kappa shape index (κ1) is 23.9. The number of aliphatic hydroxyl groups excluding tert-OH is 1. The number of fused-ring (bicyclic) bond motifs is 3. The molecule has 3 aliphatic carbocycles. The largest absolute Gasteiger partial charge is 0.390 e. The van der Waals surface area contributed by atoms with Crippen LogP contribution < -0.4 is 0 Å². The maximum Gasteiger partial charge on any atom is 0.177 e. The van der Waals surface area contributed by atoms with Crippen molar-refractivity contribution in [1.29, 1.82) is 0 Å². The number of ketones is 1. The Morgan fingerprint density at radius 3 is 2.57 bits per heavy atom. The Hall–Kier alpha value is -0.760. The number of hydrogen-bond donors (Lipinski definition) is 3. The second-order valence-electron chi connectivity index (χ2n) is 10.1. The number of halogens is 2. The Kier molecular flexibility index (Phi) is 6.36. The van der Waals surface area contributed by atoms with Crippen molar-refractivity contribution in [3.05, 3.63) is 24.8 Å². The van der Waals surface area contributed by atoms with Gasteiger partial charge in [-0.3, -0.25) is 4.79 Å². The minimum absolute atomic E-state index is 0.0110. The lowest BCUT2D eigenvalue weighted by Gasteiger charge is -2.62. The number of alkyl halides is 2. The molecule has 2 unspecified atom stereocenters. The summed E-state index contributed by atoms with van der Waals surface area (Å²) in [7, 11) is 0. The maximum atomic E-state index is 16.9. The van der Waals surface area contributed by atoms with Gasteiger partial charge < -0.3 is 14.9 Å². The molecule has 30 heavy (non-hydrogen) atoms. The van der Waals surface area contributed by atoms with Gasteiger partial charge in [0.2, 0.25) is 0 Å². The van der Waals surface area contributed by atoms with Crippen LogP contribution in [0.4, 0.5) is 8.78 Å². The molecule has 0 aromatic rings. The minimum atomic E-state index is -2.10. The normalized spacial score (nSPS) is 50.9. The molecule has 0 aromatic heterocycles. The lowest BCUT2D eigenvalue weighted by Crippen LogP contribution is -2.69. The van der Waals surface area contributed by atoms with E-state index in [2.05, 4.69) is 19.2 Å². The smallest absolute Gasteiger partial charge is 0.177 e. The highest BCUT2D eigenvalue weighted by Crippen LogP contribution is 2.69. The van der Waals surface area contributed by atoms with E-state index in [1.54, 1.807) is 6.92 Å². The molecule has 2 N–H and O–H groups in total. The van der Waals surface area contributed by atoms with E-state index in [9.17, 15) is 19.4 Å². The molecular weight excluding hydrogens is 410 g/mol. The van der Waals surface area contributed by atoms with E-state index in [4.69, 9.17) is 4.74 Å². The molecule has 7 heteroatoms. The van der Waals surface area contributed by atoms with Crippen LogP contribution >= 0.6 is 12.6 Å². The van der Waals surface area contributed by atoms with Gasteiger partial charge in [0, 0.05) is 16.7 Å². The number of carbonyl (C=O) groups excluding carboxylic acids is 1. The van der Waals surface area contributed by atoms with E-state index in [1.807, 2.05) is 13.8 Å². The van der Waals surface area contributed by atoms with Crippen LogP contribution in [0.5, 0.6) is 0 Å². The van der Waals surface area contributed by atoms with Gasteiger partial charge in [0.15, 0.2) is 5.78 Å². The molecule has 0 bridgehead atoms. The Bertz CT molecular complexity index is 732. The fraction of sp³-hybridized carbons (Fsp3) is 0.783. The van der Waals surface area contributed by atoms with E-state index in [1.165, 1.54) is 12.2 Å². The van der Waals surface area contributed by atoms with E-state index < -0.39 is 40.3 Å². The molecule has 3 rings (SSSR count). The topological polar surface area (TPSA) is 66.8 Å². The summed E-state index contributed by atoms with van der Waals surface area (Å²) in [4.78, 5) is 11.7. The summed E-state index contributed by atoms with van der Waals surface area (Å²) >= 11 is 4.06. The Balaban J connectivity index is 2.06. The highest BCUT2D eigenvalue weighted by molar-refractivity contribution is 7.80. The summed E-state index contributed by atoms with van der Waals surface area (Å²) in [5.41, 5.74) is -5.54. The van der Waals surface area contributed by atoms with Crippen LogP contribution in [0.1, 0.15) is 46.5 Å². The molecule has 0 spiro atoms. The molecular formula is C23H34F2O4S. The lowest BCUT2D eigenvalue weighted by molar-refractivity contribution is -0.242. The fourth-order valence-corrected chi connectivity index (χ4v) is 6.99. The quantitative estimate of drug-likeness (QED) is 0.331. The van der Waals surface area contributed by atoms with Gasteiger partial charge in [0.25, 0.3) is 0 Å². The molecule has 3 aliphatic rings. The zero-order chi connectivity index (χ0) is 22.5. The number of allylic oxidation sites excluding steroid dienone is 3. The predicted octanol–water partition coefficient (Wildman–Crippen LogP) is 3.82. The molecule has 0 radical (unpaired) electrons. The van der Waals surface area contributed by atoms with Gasteiger partial charge in [-0.25, -0.2) is 8.78 Å². The van der Waals surface area contributed by atoms with Crippen LogP contribution in [-0.2, 0) is 9.53 Å². The van der Waals surface area contributed by atoms with Crippen molar-refractivity contribution in [2.45, 2.75) is 70.0 Å². The van der Waals surface area contributed by atoms with E-state index in [0.29, 0.717) is 6.42 Å². The van der Waals surface area contributed by atoms with Crippen LogP contribution in [0.3, 0.4) is 0 Å². The monoisotopic (exact) mass is 444 g/mol. The van der Waals surface area contributed by atoms with Gasteiger partial charge in [0.05, 0.1) is 24.3 Å². The first-order chi connectivity index (χ1) is 13.9. The van der Waals surface area contributed by atoms with Crippen LogP contribution in [0.15, 0.2) is 24.8 Å². The van der Waals surface area contributed by atoms with Crippen molar-refractivity contribution in [3.8, 4) is 0 Å². The number of thiol groups is 1. The molecule has 170 valence electrons. The molecule has 3 fully saturated rings. The van der Waals surface area contributed by atoms with Crippen molar-refractivity contribution in [3.63, 3.8) is 0 Å². The summed E-state index contributed by atoms with van der Waals surface area (Å²) in [6, 6.07) is 0. The number of rotatable bonds is 6.